The molecule has 0 unspecified atom stereocenters. The summed E-state index contributed by atoms with van der Waals surface area (Å²) in [6.45, 7) is 1.56. The third-order valence-electron chi connectivity index (χ3n) is 3.45. The van der Waals surface area contributed by atoms with Crippen molar-refractivity contribution < 1.29 is 19.3 Å². The van der Waals surface area contributed by atoms with Crippen LogP contribution in [0, 0.1) is 0 Å². The zero-order chi connectivity index (χ0) is 13.8. The third-order valence-corrected chi connectivity index (χ3v) is 3.45. The molecule has 2 aliphatic heterocycles. The molecular formula is C11H20N4O4. The van der Waals surface area contributed by atoms with Gasteiger partial charge in [0.2, 0.25) is 0 Å². The molecule has 2 atom stereocenters. The predicted molar refractivity (Wildman–Crippen MR) is 65.8 cm³/mol. The Kier molecular flexibility index (Phi) is 4.56. The van der Waals surface area contributed by atoms with Crippen LogP contribution < -0.4 is 10.8 Å². The molecule has 2 aliphatic rings. The van der Waals surface area contributed by atoms with Crippen LogP contribution in [-0.4, -0.2) is 67.8 Å². The summed E-state index contributed by atoms with van der Waals surface area (Å²) in [7, 11) is 3.27. The number of nitrogens with zero attached hydrogens (tertiary/aromatic N) is 2. The van der Waals surface area contributed by atoms with Gasteiger partial charge in [-0.15, -0.1) is 0 Å². The molecule has 2 saturated heterocycles. The average Bonchev–Trinajstić information content (AvgIpc) is 2.66. The minimum atomic E-state index is -0.474. The van der Waals surface area contributed by atoms with Gasteiger partial charge in [0.05, 0.1) is 19.8 Å². The number of hydrogen-bond acceptors (Lipinski definition) is 5. The molecule has 0 radical (unpaired) electrons. The van der Waals surface area contributed by atoms with Gasteiger partial charge in [0, 0.05) is 13.1 Å². The van der Waals surface area contributed by atoms with Crippen LogP contribution in [-0.2, 0) is 14.5 Å². The van der Waals surface area contributed by atoms with Crippen molar-refractivity contribution in [3.8, 4) is 0 Å². The van der Waals surface area contributed by atoms with E-state index < -0.39 is 6.04 Å². The highest BCUT2D eigenvalue weighted by atomic mass is 16.7. The van der Waals surface area contributed by atoms with Crippen LogP contribution in [0.15, 0.2) is 0 Å². The molecule has 0 spiro atoms. The molecule has 0 aromatic heterocycles. The monoisotopic (exact) mass is 272 g/mol. The summed E-state index contributed by atoms with van der Waals surface area (Å²) in [4.78, 5) is 35.6. The van der Waals surface area contributed by atoms with E-state index in [1.165, 1.54) is 17.1 Å². The zero-order valence-electron chi connectivity index (χ0n) is 11.2. The smallest absolute Gasteiger partial charge is 0.317 e. The first-order chi connectivity index (χ1) is 9.19. The Labute approximate surface area is 111 Å². The van der Waals surface area contributed by atoms with E-state index in [0.29, 0.717) is 26.1 Å². The molecule has 108 valence electrons. The van der Waals surface area contributed by atoms with E-state index in [-0.39, 0.29) is 18.0 Å². The van der Waals surface area contributed by atoms with E-state index in [9.17, 15) is 9.59 Å². The largest absolute Gasteiger partial charge is 0.345 e. The van der Waals surface area contributed by atoms with Crippen molar-refractivity contribution >= 4 is 11.9 Å². The van der Waals surface area contributed by atoms with Crippen LogP contribution >= 0.6 is 0 Å². The summed E-state index contributed by atoms with van der Waals surface area (Å²) < 4.78 is 0. The lowest BCUT2D eigenvalue weighted by Crippen LogP contribution is -2.50. The fourth-order valence-corrected chi connectivity index (χ4v) is 2.48. The molecule has 3 amide bonds. The highest BCUT2D eigenvalue weighted by Gasteiger charge is 2.47. The number of carbonyl (C=O) groups is 2. The molecule has 8 heteroatoms. The maximum absolute atomic E-state index is 12.0. The Hall–Kier alpha value is -1.38. The molecule has 2 N–H and O–H groups in total. The molecule has 0 aliphatic carbocycles. The first-order valence-corrected chi connectivity index (χ1v) is 6.39. The number of fused-ring (bicyclic) bond motifs is 2. The molecule has 19 heavy (non-hydrogen) atoms. The second-order valence-electron chi connectivity index (χ2n) is 4.61. The van der Waals surface area contributed by atoms with E-state index in [0.717, 1.165) is 6.42 Å². The van der Waals surface area contributed by atoms with Crippen LogP contribution in [0.3, 0.4) is 0 Å². The summed E-state index contributed by atoms with van der Waals surface area (Å²) in [5.41, 5.74) is 2.39. The molecule has 8 nitrogen and oxygen atoms in total. The van der Waals surface area contributed by atoms with Crippen molar-refractivity contribution in [2.45, 2.75) is 24.9 Å². The van der Waals surface area contributed by atoms with E-state index in [1.807, 2.05) is 0 Å². The van der Waals surface area contributed by atoms with Crippen LogP contribution in [0.25, 0.3) is 0 Å². The SMILES string of the molecule is CNCCONC(=O)[C@@H]1CC[C@@H]2CN1C(=O)N2OC. The number of nitrogens with one attached hydrogen (secondary N) is 2. The molecule has 2 bridgehead atoms. The van der Waals surface area contributed by atoms with Crippen molar-refractivity contribution in [2.75, 3.05) is 33.9 Å². The first kappa shape index (κ1) is 14.0. The Morgan fingerprint density at radius 2 is 2.26 bits per heavy atom. The van der Waals surface area contributed by atoms with Gasteiger partial charge in [-0.1, -0.05) is 0 Å². The second kappa shape index (κ2) is 6.18. The summed E-state index contributed by atoms with van der Waals surface area (Å²) in [6.07, 6.45) is 1.38. The Morgan fingerprint density at radius 1 is 1.47 bits per heavy atom. The van der Waals surface area contributed by atoms with Gasteiger partial charge in [0.25, 0.3) is 5.91 Å². The van der Waals surface area contributed by atoms with Crippen LogP contribution in [0.1, 0.15) is 12.8 Å². The van der Waals surface area contributed by atoms with Gasteiger partial charge in [-0.25, -0.2) is 10.3 Å². The highest BCUT2D eigenvalue weighted by molar-refractivity contribution is 5.87. The normalized spacial score (nSPS) is 25.9. The lowest BCUT2D eigenvalue weighted by Gasteiger charge is -2.28. The van der Waals surface area contributed by atoms with Gasteiger partial charge in [-0.2, -0.15) is 5.06 Å². The lowest BCUT2D eigenvalue weighted by atomic mass is 10.0. The lowest BCUT2D eigenvalue weighted by molar-refractivity contribution is -0.138. The summed E-state index contributed by atoms with van der Waals surface area (Å²) in [6, 6.07) is -0.675. The first-order valence-electron chi connectivity index (χ1n) is 6.39. The average molecular weight is 272 g/mol. The molecule has 2 heterocycles. The maximum Gasteiger partial charge on any atom is 0.345 e. The summed E-state index contributed by atoms with van der Waals surface area (Å²) in [5, 5.41) is 4.25. The molecule has 0 aromatic carbocycles. The molecular weight excluding hydrogens is 252 g/mol. The number of hydrogen-bond donors (Lipinski definition) is 2. The number of piperidine rings is 1. The molecule has 0 saturated carbocycles. The summed E-state index contributed by atoms with van der Waals surface area (Å²) in [5.74, 6) is -0.277. The van der Waals surface area contributed by atoms with Gasteiger partial charge < -0.3 is 10.2 Å². The van der Waals surface area contributed by atoms with Crippen LogP contribution in [0.2, 0.25) is 0 Å². The van der Waals surface area contributed by atoms with Crippen molar-refractivity contribution in [1.82, 2.24) is 20.8 Å². The fraction of sp³-hybridized carbons (Fsp3) is 0.818. The van der Waals surface area contributed by atoms with Crippen LogP contribution in [0.5, 0.6) is 0 Å². The second-order valence-corrected chi connectivity index (χ2v) is 4.61. The van der Waals surface area contributed by atoms with E-state index in [4.69, 9.17) is 9.68 Å². The van der Waals surface area contributed by atoms with Crippen LogP contribution in [0.4, 0.5) is 4.79 Å². The van der Waals surface area contributed by atoms with Gasteiger partial charge >= 0.3 is 6.03 Å². The molecule has 2 rings (SSSR count). The van der Waals surface area contributed by atoms with Crippen molar-refractivity contribution in [1.29, 1.82) is 0 Å². The van der Waals surface area contributed by atoms with Gasteiger partial charge in [0.1, 0.15) is 6.04 Å². The Bertz CT molecular complexity index is 352. The summed E-state index contributed by atoms with van der Waals surface area (Å²) >= 11 is 0. The third kappa shape index (κ3) is 2.80. The van der Waals surface area contributed by atoms with Gasteiger partial charge in [0.15, 0.2) is 0 Å². The maximum atomic E-state index is 12.0. The standard InChI is InChI=1S/C11H20N4O4/c1-12-5-6-19-13-10(16)9-4-3-8-7-14(9)11(17)15(8)18-2/h8-9,12H,3-7H2,1-2H3,(H,13,16)/t8-,9+/m1/s1. The topological polar surface area (TPSA) is 83.1 Å². The zero-order valence-corrected chi connectivity index (χ0v) is 11.2. The van der Waals surface area contributed by atoms with Crippen molar-refractivity contribution in [3.05, 3.63) is 0 Å². The minimum Gasteiger partial charge on any atom is -0.317 e. The van der Waals surface area contributed by atoms with Gasteiger partial charge in [-0.05, 0) is 19.9 Å². The predicted octanol–water partition coefficient (Wildman–Crippen LogP) is -0.916. The quantitative estimate of drug-likeness (QED) is 0.483. The number of amides is 3. The number of carbonyl (C=O) groups excluding carboxylic acids is 2. The van der Waals surface area contributed by atoms with Crippen molar-refractivity contribution in [2.24, 2.45) is 0 Å². The van der Waals surface area contributed by atoms with E-state index >= 15 is 0 Å². The minimum absolute atomic E-state index is 0.0479. The number of rotatable bonds is 6. The molecule has 2 fully saturated rings. The number of hydroxylamine groups is 3. The van der Waals surface area contributed by atoms with E-state index in [1.54, 1.807) is 7.05 Å². The fourth-order valence-electron chi connectivity index (χ4n) is 2.48. The number of likely N-dealkylation sites (N-methyl/N-ethyl adjacent to an activating group) is 1. The van der Waals surface area contributed by atoms with Gasteiger partial charge in [-0.3, -0.25) is 14.5 Å². The van der Waals surface area contributed by atoms with Crippen molar-refractivity contribution in [3.63, 3.8) is 0 Å². The Balaban J connectivity index is 1.88. The molecule has 0 aromatic rings. The Morgan fingerprint density at radius 3 is 2.95 bits per heavy atom. The highest BCUT2D eigenvalue weighted by Crippen LogP contribution is 2.29. The number of urea groups is 1. The van der Waals surface area contributed by atoms with E-state index in [2.05, 4.69) is 10.8 Å².